The zero-order valence-corrected chi connectivity index (χ0v) is 16.9. The Balaban J connectivity index is 1.85. The molecule has 2 aromatic rings. The molecule has 1 aliphatic heterocycles. The molecule has 1 aromatic carbocycles. The number of halogens is 1. The lowest BCUT2D eigenvalue weighted by atomic mass is 10.1. The van der Waals surface area contributed by atoms with Crippen LogP contribution in [0.1, 0.15) is 29.3 Å². The fourth-order valence-electron chi connectivity index (χ4n) is 3.06. The van der Waals surface area contributed by atoms with Crippen LogP contribution in [0.15, 0.2) is 42.7 Å². The summed E-state index contributed by atoms with van der Waals surface area (Å²) < 4.78 is 25.1. The predicted octanol–water partition coefficient (Wildman–Crippen LogP) is 2.51. The number of rotatable bonds is 6. The summed E-state index contributed by atoms with van der Waals surface area (Å²) in [5.41, 5.74) is 1.36. The van der Waals surface area contributed by atoms with Crippen LogP contribution in [0.4, 0.5) is 5.69 Å². The Kier molecular flexibility index (Phi) is 6.00. The molecule has 0 bridgehead atoms. The van der Waals surface area contributed by atoms with E-state index in [1.54, 1.807) is 17.3 Å². The minimum Gasteiger partial charge on any atom is -0.339 e. The van der Waals surface area contributed by atoms with Crippen LogP contribution in [-0.4, -0.2) is 49.0 Å². The van der Waals surface area contributed by atoms with E-state index in [-0.39, 0.29) is 34.4 Å². The Morgan fingerprint density at radius 2 is 1.96 bits per heavy atom. The van der Waals surface area contributed by atoms with Gasteiger partial charge in [0.15, 0.2) is 0 Å². The molecule has 148 valence electrons. The highest BCUT2D eigenvalue weighted by Gasteiger charge is 2.36. The van der Waals surface area contributed by atoms with Crippen molar-refractivity contribution in [1.82, 2.24) is 9.88 Å². The van der Waals surface area contributed by atoms with Gasteiger partial charge < -0.3 is 4.90 Å². The van der Waals surface area contributed by atoms with Gasteiger partial charge in [0, 0.05) is 31.9 Å². The van der Waals surface area contributed by atoms with E-state index in [2.05, 4.69) is 4.98 Å². The summed E-state index contributed by atoms with van der Waals surface area (Å²) >= 11 is 6.21. The van der Waals surface area contributed by atoms with Gasteiger partial charge in [-0.3, -0.25) is 14.6 Å². The second-order valence-corrected chi connectivity index (χ2v) is 8.72. The number of hydrogen-bond donors (Lipinski definition) is 0. The van der Waals surface area contributed by atoms with Crippen LogP contribution in [0.2, 0.25) is 5.02 Å². The van der Waals surface area contributed by atoms with E-state index in [0.29, 0.717) is 19.5 Å². The third-order valence-electron chi connectivity index (χ3n) is 4.58. The minimum atomic E-state index is -3.71. The number of carbonyl (C=O) groups excluding carboxylic acids is 2. The summed E-state index contributed by atoms with van der Waals surface area (Å²) in [5.74, 6) is -1.05. The fraction of sp³-hybridized carbons (Fsp3) is 0.316. The van der Waals surface area contributed by atoms with Crippen molar-refractivity contribution in [3.05, 3.63) is 58.9 Å². The Morgan fingerprint density at radius 1 is 1.25 bits per heavy atom. The molecule has 0 radical (unpaired) electrons. The maximum Gasteiger partial charge on any atom is 0.255 e. The van der Waals surface area contributed by atoms with Crippen molar-refractivity contribution in [3.8, 4) is 0 Å². The lowest BCUT2D eigenvalue weighted by Gasteiger charge is -2.23. The van der Waals surface area contributed by atoms with Crippen molar-refractivity contribution < 1.29 is 18.0 Å². The molecule has 0 atom stereocenters. The van der Waals surface area contributed by atoms with E-state index >= 15 is 0 Å². The first kappa shape index (κ1) is 20.3. The normalized spacial score (nSPS) is 15.6. The van der Waals surface area contributed by atoms with E-state index in [9.17, 15) is 18.0 Å². The number of pyridine rings is 1. The lowest BCUT2D eigenvalue weighted by Crippen LogP contribution is -2.33. The maximum absolute atomic E-state index is 13.0. The molecule has 28 heavy (non-hydrogen) atoms. The molecule has 0 spiro atoms. The van der Waals surface area contributed by atoms with Gasteiger partial charge in [-0.25, -0.2) is 12.7 Å². The Bertz CT molecular complexity index is 995. The summed E-state index contributed by atoms with van der Waals surface area (Å²) in [6, 6.07) is 8.03. The highest BCUT2D eigenvalue weighted by atomic mass is 35.5. The topological polar surface area (TPSA) is 87.7 Å². The van der Waals surface area contributed by atoms with Gasteiger partial charge in [0.05, 0.1) is 22.0 Å². The molecule has 1 aromatic heterocycles. The number of hydrogen-bond acceptors (Lipinski definition) is 5. The van der Waals surface area contributed by atoms with Crippen LogP contribution in [0, 0.1) is 0 Å². The van der Waals surface area contributed by atoms with Crippen molar-refractivity contribution in [1.29, 1.82) is 0 Å². The van der Waals surface area contributed by atoms with Crippen molar-refractivity contribution >= 4 is 39.1 Å². The average Bonchev–Trinajstić information content (AvgIpc) is 2.96. The number of carbonyl (C=O) groups is 2. The number of anilines is 1. The van der Waals surface area contributed by atoms with E-state index in [1.807, 2.05) is 19.1 Å². The number of aromatic nitrogens is 1. The van der Waals surface area contributed by atoms with E-state index in [1.165, 1.54) is 18.2 Å². The smallest absolute Gasteiger partial charge is 0.255 e. The third-order valence-corrected chi connectivity index (χ3v) is 6.60. The molecule has 2 heterocycles. The Hall–Kier alpha value is -2.45. The largest absolute Gasteiger partial charge is 0.339 e. The Labute approximate surface area is 169 Å². The summed E-state index contributed by atoms with van der Waals surface area (Å²) in [7, 11) is -3.71. The van der Waals surface area contributed by atoms with Crippen LogP contribution in [0.5, 0.6) is 0 Å². The SMILES string of the molecule is CCN(CCc1ccncc1)C(=O)c1cc(N2C(=O)CCS2(=O)=O)ccc1Cl. The molecular weight excluding hydrogens is 402 g/mol. The first-order valence-electron chi connectivity index (χ1n) is 8.87. The molecule has 1 aliphatic rings. The van der Waals surface area contributed by atoms with Crippen LogP contribution < -0.4 is 4.31 Å². The lowest BCUT2D eigenvalue weighted by molar-refractivity contribution is -0.116. The molecule has 1 saturated heterocycles. The monoisotopic (exact) mass is 421 g/mol. The summed E-state index contributed by atoms with van der Waals surface area (Å²) in [6.45, 7) is 2.79. The van der Waals surface area contributed by atoms with Crippen molar-refractivity contribution in [2.24, 2.45) is 0 Å². The highest BCUT2D eigenvalue weighted by molar-refractivity contribution is 7.94. The van der Waals surface area contributed by atoms with Gasteiger partial charge in [0.25, 0.3) is 5.91 Å². The molecule has 2 amide bonds. The number of benzene rings is 1. The Morgan fingerprint density at radius 3 is 2.57 bits per heavy atom. The van der Waals surface area contributed by atoms with Gasteiger partial charge in [0.1, 0.15) is 0 Å². The molecule has 7 nitrogen and oxygen atoms in total. The zero-order valence-electron chi connectivity index (χ0n) is 15.3. The van der Waals surface area contributed by atoms with E-state index in [4.69, 9.17) is 11.6 Å². The van der Waals surface area contributed by atoms with Crippen LogP contribution in [0.25, 0.3) is 0 Å². The standard InChI is InChI=1S/C19H20ClN3O4S/c1-2-22(11-7-14-5-9-21-10-6-14)19(25)16-13-15(3-4-17(16)20)23-18(24)8-12-28(23,26)27/h3-6,9-10,13H,2,7-8,11-12H2,1H3. The third kappa shape index (κ3) is 4.18. The maximum atomic E-state index is 13.0. The van der Waals surface area contributed by atoms with Crippen molar-refractivity contribution in [2.45, 2.75) is 19.8 Å². The van der Waals surface area contributed by atoms with Gasteiger partial charge in [-0.05, 0) is 49.2 Å². The molecular formula is C19H20ClN3O4S. The van der Waals surface area contributed by atoms with Gasteiger partial charge >= 0.3 is 0 Å². The van der Waals surface area contributed by atoms with Gasteiger partial charge in [-0.15, -0.1) is 0 Å². The van der Waals surface area contributed by atoms with E-state index in [0.717, 1.165) is 9.87 Å². The van der Waals surface area contributed by atoms with Crippen molar-refractivity contribution in [2.75, 3.05) is 23.1 Å². The van der Waals surface area contributed by atoms with Gasteiger partial charge in [0.2, 0.25) is 15.9 Å². The molecule has 9 heteroatoms. The molecule has 3 rings (SSSR count). The van der Waals surface area contributed by atoms with Crippen LogP contribution in [0.3, 0.4) is 0 Å². The quantitative estimate of drug-likeness (QED) is 0.715. The number of likely N-dealkylation sites (N-methyl/N-ethyl adjacent to an activating group) is 1. The summed E-state index contributed by atoms with van der Waals surface area (Å²) in [4.78, 5) is 30.6. The first-order valence-corrected chi connectivity index (χ1v) is 10.9. The predicted molar refractivity (Wildman–Crippen MR) is 107 cm³/mol. The van der Waals surface area contributed by atoms with Gasteiger partial charge in [-0.1, -0.05) is 11.6 Å². The zero-order chi connectivity index (χ0) is 20.3. The molecule has 0 N–H and O–H groups in total. The van der Waals surface area contributed by atoms with E-state index < -0.39 is 15.9 Å². The molecule has 1 fully saturated rings. The number of sulfonamides is 1. The molecule has 0 aliphatic carbocycles. The molecule has 0 saturated carbocycles. The van der Waals surface area contributed by atoms with Crippen molar-refractivity contribution in [3.63, 3.8) is 0 Å². The summed E-state index contributed by atoms with van der Waals surface area (Å²) in [5, 5.41) is 0.208. The fourth-order valence-corrected chi connectivity index (χ4v) is 4.71. The van der Waals surface area contributed by atoms with Crippen LogP contribution >= 0.6 is 11.6 Å². The second-order valence-electron chi connectivity index (χ2n) is 6.38. The van der Waals surface area contributed by atoms with Gasteiger partial charge in [-0.2, -0.15) is 0 Å². The highest BCUT2D eigenvalue weighted by Crippen LogP contribution is 2.29. The van der Waals surface area contributed by atoms with Crippen LogP contribution in [-0.2, 0) is 21.2 Å². The average molecular weight is 422 g/mol. The molecule has 0 unspecified atom stereocenters. The first-order chi connectivity index (χ1) is 13.3. The minimum absolute atomic E-state index is 0.0682. The number of amides is 2. The second kappa shape index (κ2) is 8.28. The summed E-state index contributed by atoms with van der Waals surface area (Å²) in [6.07, 6.45) is 3.97. The number of nitrogens with zero attached hydrogens (tertiary/aromatic N) is 3.